The monoisotopic (exact) mass is 352 g/mol. The van der Waals surface area contributed by atoms with Crippen LogP contribution in [0.5, 0.6) is 0 Å². The average Bonchev–Trinajstić information content (AvgIpc) is 3.04. The molecule has 0 bridgehead atoms. The van der Waals surface area contributed by atoms with Crippen molar-refractivity contribution < 1.29 is 9.90 Å². The summed E-state index contributed by atoms with van der Waals surface area (Å²) in [6.07, 6.45) is 4.19. The second-order valence-corrected chi connectivity index (χ2v) is 6.72. The number of carbonyl (C=O) groups is 1. The Morgan fingerprint density at radius 1 is 1.19 bits per heavy atom. The second-order valence-electron chi connectivity index (χ2n) is 6.72. The van der Waals surface area contributed by atoms with Crippen LogP contribution in [-0.2, 0) is 6.42 Å². The Balaban J connectivity index is 1.69. The molecule has 3 aromatic rings. The van der Waals surface area contributed by atoms with E-state index in [0.29, 0.717) is 12.1 Å². The summed E-state index contributed by atoms with van der Waals surface area (Å²) in [6.45, 7) is 1.86. The van der Waals surface area contributed by atoms with E-state index >= 15 is 0 Å². The standard InChI is InChI=1S/C20H24N4O2/c1-14-4-9-19-22-18(12-24(19)11-14)20(26)21-16(13-25)10-15-5-7-17(8-6-15)23(2)3/h4-9,11-12,16,25H,10,13H2,1-3H3,(H,21,26)/t16-/m1/s1. The zero-order valence-electron chi connectivity index (χ0n) is 15.3. The number of hydrogen-bond donors (Lipinski definition) is 2. The van der Waals surface area contributed by atoms with Crippen molar-refractivity contribution in [3.63, 3.8) is 0 Å². The maximum Gasteiger partial charge on any atom is 0.271 e. The van der Waals surface area contributed by atoms with Crippen LogP contribution in [0.2, 0.25) is 0 Å². The fraction of sp³-hybridized carbons (Fsp3) is 0.300. The molecule has 2 heterocycles. The van der Waals surface area contributed by atoms with Gasteiger partial charge in [-0.3, -0.25) is 4.79 Å². The number of amides is 1. The number of imidazole rings is 1. The first-order valence-corrected chi connectivity index (χ1v) is 8.59. The third kappa shape index (κ3) is 4.03. The molecule has 6 nitrogen and oxygen atoms in total. The van der Waals surface area contributed by atoms with Gasteiger partial charge in [-0.05, 0) is 42.7 Å². The van der Waals surface area contributed by atoms with Gasteiger partial charge in [0.05, 0.1) is 12.6 Å². The largest absolute Gasteiger partial charge is 0.394 e. The molecule has 1 amide bonds. The molecule has 2 aromatic heterocycles. The Bertz CT molecular complexity index is 900. The van der Waals surface area contributed by atoms with Gasteiger partial charge in [-0.15, -0.1) is 0 Å². The Morgan fingerprint density at radius 2 is 1.92 bits per heavy atom. The average molecular weight is 352 g/mol. The summed E-state index contributed by atoms with van der Waals surface area (Å²) in [5, 5.41) is 12.5. The van der Waals surface area contributed by atoms with Crippen LogP contribution in [0.1, 0.15) is 21.6 Å². The molecule has 1 atom stereocenters. The number of pyridine rings is 1. The van der Waals surface area contributed by atoms with Crippen molar-refractivity contribution in [1.29, 1.82) is 0 Å². The molecule has 0 radical (unpaired) electrons. The van der Waals surface area contributed by atoms with E-state index in [-0.39, 0.29) is 18.6 Å². The Hall–Kier alpha value is -2.86. The van der Waals surface area contributed by atoms with Gasteiger partial charge in [0, 0.05) is 32.2 Å². The zero-order valence-corrected chi connectivity index (χ0v) is 15.3. The minimum absolute atomic E-state index is 0.131. The van der Waals surface area contributed by atoms with E-state index in [1.54, 1.807) is 6.20 Å². The van der Waals surface area contributed by atoms with Gasteiger partial charge in [-0.2, -0.15) is 0 Å². The molecule has 26 heavy (non-hydrogen) atoms. The molecule has 3 rings (SSSR count). The van der Waals surface area contributed by atoms with E-state index in [0.717, 1.165) is 22.5 Å². The minimum Gasteiger partial charge on any atom is -0.394 e. The quantitative estimate of drug-likeness (QED) is 0.712. The second kappa shape index (κ2) is 7.58. The summed E-state index contributed by atoms with van der Waals surface area (Å²) in [6, 6.07) is 11.5. The lowest BCUT2D eigenvalue weighted by molar-refractivity contribution is 0.0912. The predicted molar refractivity (Wildman–Crippen MR) is 103 cm³/mol. The predicted octanol–water partition coefficient (Wildman–Crippen LogP) is 2.04. The van der Waals surface area contributed by atoms with Crippen molar-refractivity contribution in [2.75, 3.05) is 25.6 Å². The fourth-order valence-electron chi connectivity index (χ4n) is 2.85. The van der Waals surface area contributed by atoms with E-state index in [4.69, 9.17) is 0 Å². The molecule has 0 unspecified atom stereocenters. The molecule has 2 N–H and O–H groups in total. The van der Waals surface area contributed by atoms with E-state index in [2.05, 4.69) is 10.3 Å². The number of aliphatic hydroxyl groups excluding tert-OH is 1. The lowest BCUT2D eigenvalue weighted by Crippen LogP contribution is -2.39. The van der Waals surface area contributed by atoms with Crippen LogP contribution in [0, 0.1) is 6.92 Å². The third-order valence-electron chi connectivity index (χ3n) is 4.32. The Morgan fingerprint density at radius 3 is 2.58 bits per heavy atom. The van der Waals surface area contributed by atoms with Crippen LogP contribution in [0.4, 0.5) is 5.69 Å². The molecular formula is C20H24N4O2. The molecule has 6 heteroatoms. The van der Waals surface area contributed by atoms with Crippen molar-refractivity contribution in [1.82, 2.24) is 14.7 Å². The summed E-state index contributed by atoms with van der Waals surface area (Å²) in [4.78, 5) is 18.9. The number of aryl methyl sites for hydroxylation is 1. The van der Waals surface area contributed by atoms with Gasteiger partial charge in [-0.1, -0.05) is 18.2 Å². The van der Waals surface area contributed by atoms with Crippen molar-refractivity contribution in [2.24, 2.45) is 0 Å². The van der Waals surface area contributed by atoms with Gasteiger partial charge in [0.15, 0.2) is 0 Å². The lowest BCUT2D eigenvalue weighted by atomic mass is 10.1. The maximum atomic E-state index is 12.5. The lowest BCUT2D eigenvalue weighted by Gasteiger charge is -2.17. The van der Waals surface area contributed by atoms with Crippen LogP contribution >= 0.6 is 0 Å². The molecule has 0 spiro atoms. The molecule has 0 saturated heterocycles. The normalized spacial score (nSPS) is 12.2. The van der Waals surface area contributed by atoms with Gasteiger partial charge in [-0.25, -0.2) is 4.98 Å². The topological polar surface area (TPSA) is 69.9 Å². The van der Waals surface area contributed by atoms with Gasteiger partial charge in [0.2, 0.25) is 0 Å². The van der Waals surface area contributed by atoms with Crippen molar-refractivity contribution in [3.8, 4) is 0 Å². The maximum absolute atomic E-state index is 12.5. The van der Waals surface area contributed by atoms with Crippen molar-refractivity contribution in [3.05, 3.63) is 65.6 Å². The van der Waals surface area contributed by atoms with Gasteiger partial charge in [0.1, 0.15) is 11.3 Å². The van der Waals surface area contributed by atoms with Crippen LogP contribution < -0.4 is 10.2 Å². The highest BCUT2D eigenvalue weighted by molar-refractivity contribution is 5.93. The molecular weight excluding hydrogens is 328 g/mol. The van der Waals surface area contributed by atoms with E-state index in [1.165, 1.54) is 0 Å². The first kappa shape index (κ1) is 17.9. The van der Waals surface area contributed by atoms with E-state index in [9.17, 15) is 9.90 Å². The fourth-order valence-corrected chi connectivity index (χ4v) is 2.85. The summed E-state index contributed by atoms with van der Waals surface area (Å²) in [5.41, 5.74) is 4.33. The highest BCUT2D eigenvalue weighted by atomic mass is 16.3. The Labute approximate surface area is 153 Å². The number of aliphatic hydroxyl groups is 1. The van der Waals surface area contributed by atoms with Gasteiger partial charge < -0.3 is 19.7 Å². The van der Waals surface area contributed by atoms with Crippen LogP contribution in [0.25, 0.3) is 5.65 Å². The van der Waals surface area contributed by atoms with Crippen LogP contribution in [0.15, 0.2) is 48.8 Å². The van der Waals surface area contributed by atoms with Crippen molar-refractivity contribution >= 4 is 17.2 Å². The highest BCUT2D eigenvalue weighted by Crippen LogP contribution is 2.14. The molecule has 136 valence electrons. The smallest absolute Gasteiger partial charge is 0.271 e. The SMILES string of the molecule is Cc1ccc2nc(C(=O)N[C@@H](CO)Cc3ccc(N(C)C)cc3)cn2c1. The summed E-state index contributed by atoms with van der Waals surface area (Å²) < 4.78 is 1.83. The number of carbonyl (C=O) groups excluding carboxylic acids is 1. The van der Waals surface area contributed by atoms with Crippen LogP contribution in [0.3, 0.4) is 0 Å². The number of anilines is 1. The number of benzene rings is 1. The molecule has 0 aliphatic rings. The first-order valence-electron chi connectivity index (χ1n) is 8.59. The Kier molecular flexibility index (Phi) is 5.23. The number of fused-ring (bicyclic) bond motifs is 1. The minimum atomic E-state index is -0.362. The molecule has 0 fully saturated rings. The van der Waals surface area contributed by atoms with Crippen LogP contribution in [-0.4, -0.2) is 47.1 Å². The zero-order chi connectivity index (χ0) is 18.7. The van der Waals surface area contributed by atoms with Gasteiger partial charge in [0.25, 0.3) is 5.91 Å². The number of hydrogen-bond acceptors (Lipinski definition) is 4. The van der Waals surface area contributed by atoms with Gasteiger partial charge >= 0.3 is 0 Å². The van der Waals surface area contributed by atoms with Crippen molar-refractivity contribution in [2.45, 2.75) is 19.4 Å². The molecule has 1 aromatic carbocycles. The summed E-state index contributed by atoms with van der Waals surface area (Å²) in [7, 11) is 3.98. The van der Waals surface area contributed by atoms with E-state index < -0.39 is 0 Å². The first-order chi connectivity index (χ1) is 12.5. The summed E-state index contributed by atoms with van der Waals surface area (Å²) >= 11 is 0. The molecule has 0 saturated carbocycles. The number of aromatic nitrogens is 2. The van der Waals surface area contributed by atoms with E-state index in [1.807, 2.05) is 72.9 Å². The number of rotatable bonds is 6. The third-order valence-corrected chi connectivity index (χ3v) is 4.32. The number of nitrogens with one attached hydrogen (secondary N) is 1. The number of nitrogens with zero attached hydrogens (tertiary/aromatic N) is 3. The highest BCUT2D eigenvalue weighted by Gasteiger charge is 2.16. The summed E-state index contributed by atoms with van der Waals surface area (Å²) in [5.74, 6) is -0.282. The molecule has 0 aliphatic heterocycles. The molecule has 0 aliphatic carbocycles.